The fraction of sp³-hybridized carbons (Fsp3) is 0.333. The van der Waals surface area contributed by atoms with E-state index in [-0.39, 0.29) is 0 Å². The van der Waals surface area contributed by atoms with Gasteiger partial charge in [0.25, 0.3) is 0 Å². The van der Waals surface area contributed by atoms with E-state index >= 15 is 0 Å². The molecule has 14 heavy (non-hydrogen) atoms. The Kier molecular flexibility index (Phi) is 2.10. The van der Waals surface area contributed by atoms with Crippen molar-refractivity contribution in [2.24, 2.45) is 0 Å². The lowest BCUT2D eigenvalue weighted by molar-refractivity contribution is 0.618. The second-order valence-corrected chi connectivity index (χ2v) is 5.88. The molecule has 0 aliphatic heterocycles. The average Bonchev–Trinajstić information content (AvgIpc) is 2.52. The van der Waals surface area contributed by atoms with E-state index in [2.05, 4.69) is 56.1 Å². The Bertz CT molecular complexity index is 420. The van der Waals surface area contributed by atoms with E-state index in [1.165, 1.54) is 20.9 Å². The van der Waals surface area contributed by atoms with Crippen molar-refractivity contribution in [3.8, 4) is 0 Å². The Hall–Kier alpha value is -0.0800. The molecule has 72 valence electrons. The second-order valence-electron chi connectivity index (χ2n) is 4.07. The van der Waals surface area contributed by atoms with Gasteiger partial charge in [0, 0.05) is 14.9 Å². The molecule has 1 aromatic rings. The molecule has 0 saturated heterocycles. The van der Waals surface area contributed by atoms with Crippen LogP contribution in [0.4, 0.5) is 0 Å². The zero-order valence-corrected chi connectivity index (χ0v) is 10.8. The molecule has 0 radical (unpaired) electrons. The summed E-state index contributed by atoms with van der Waals surface area (Å²) in [4.78, 5) is 0. The molecular formula is C12H10Br2. The van der Waals surface area contributed by atoms with Gasteiger partial charge in [-0.3, -0.25) is 0 Å². The van der Waals surface area contributed by atoms with E-state index in [0.717, 1.165) is 12.3 Å². The number of allylic oxidation sites excluding steroid dienone is 2. The van der Waals surface area contributed by atoms with Crippen molar-refractivity contribution in [3.05, 3.63) is 44.4 Å². The molecule has 0 aromatic heterocycles. The van der Waals surface area contributed by atoms with Crippen LogP contribution in [0, 0.1) is 0 Å². The molecule has 2 atom stereocenters. The minimum atomic E-state index is 0.610. The molecule has 0 fully saturated rings. The lowest BCUT2D eigenvalue weighted by atomic mass is 9.93. The van der Waals surface area contributed by atoms with Gasteiger partial charge in [0.1, 0.15) is 0 Å². The molecule has 0 N–H and O–H groups in total. The van der Waals surface area contributed by atoms with E-state index in [0.29, 0.717) is 5.92 Å². The van der Waals surface area contributed by atoms with Crippen LogP contribution < -0.4 is 0 Å². The minimum Gasteiger partial charge on any atom is -0.0620 e. The number of rotatable bonds is 0. The van der Waals surface area contributed by atoms with Crippen molar-refractivity contribution in [1.82, 2.24) is 0 Å². The van der Waals surface area contributed by atoms with Crippen molar-refractivity contribution < 1.29 is 0 Å². The highest BCUT2D eigenvalue weighted by molar-refractivity contribution is 9.14. The summed E-state index contributed by atoms with van der Waals surface area (Å²) >= 11 is 7.38. The van der Waals surface area contributed by atoms with Crippen LogP contribution in [0.1, 0.15) is 35.8 Å². The summed E-state index contributed by atoms with van der Waals surface area (Å²) in [6.45, 7) is 0. The smallest absolute Gasteiger partial charge is 0.0172 e. The van der Waals surface area contributed by atoms with E-state index in [1.807, 2.05) is 0 Å². The highest BCUT2D eigenvalue weighted by Crippen LogP contribution is 2.55. The monoisotopic (exact) mass is 312 g/mol. The summed E-state index contributed by atoms with van der Waals surface area (Å²) in [5, 5.41) is 0. The van der Waals surface area contributed by atoms with Crippen LogP contribution in [-0.4, -0.2) is 0 Å². The molecule has 2 aliphatic carbocycles. The van der Waals surface area contributed by atoms with E-state index in [4.69, 9.17) is 0 Å². The fourth-order valence-electron chi connectivity index (χ4n) is 2.67. The van der Waals surface area contributed by atoms with Gasteiger partial charge in [-0.15, -0.1) is 0 Å². The van der Waals surface area contributed by atoms with Crippen molar-refractivity contribution in [3.63, 3.8) is 0 Å². The third-order valence-electron chi connectivity index (χ3n) is 3.32. The Labute approximate surface area is 101 Å². The van der Waals surface area contributed by atoms with Crippen LogP contribution in [0.25, 0.3) is 0 Å². The highest BCUT2D eigenvalue weighted by atomic mass is 79.9. The van der Waals surface area contributed by atoms with Gasteiger partial charge in [0.15, 0.2) is 0 Å². The molecular weight excluding hydrogens is 304 g/mol. The van der Waals surface area contributed by atoms with E-state index in [9.17, 15) is 0 Å². The van der Waals surface area contributed by atoms with Gasteiger partial charge >= 0.3 is 0 Å². The normalized spacial score (nSPS) is 29.3. The molecule has 2 bridgehead atoms. The molecule has 2 heteroatoms. The first-order valence-electron chi connectivity index (χ1n) is 4.90. The van der Waals surface area contributed by atoms with Crippen LogP contribution in [0.2, 0.25) is 0 Å². The second kappa shape index (κ2) is 3.21. The maximum atomic E-state index is 3.71. The number of fused-ring (bicyclic) bond motifs is 5. The standard InChI is InChI=1S/C12H10Br2/c13-11-6-7-5-10(12(11)14)9-4-2-1-3-8(7)9/h1-4,7,10H,5-6H2. The van der Waals surface area contributed by atoms with Gasteiger partial charge < -0.3 is 0 Å². The molecule has 0 nitrogen and oxygen atoms in total. The molecule has 0 heterocycles. The van der Waals surface area contributed by atoms with Crippen LogP contribution in [0.5, 0.6) is 0 Å². The fourth-order valence-corrected chi connectivity index (χ4v) is 3.94. The first-order valence-corrected chi connectivity index (χ1v) is 6.49. The van der Waals surface area contributed by atoms with Crippen molar-refractivity contribution in [2.45, 2.75) is 24.7 Å². The zero-order valence-electron chi connectivity index (χ0n) is 7.63. The molecule has 0 spiro atoms. The van der Waals surface area contributed by atoms with E-state index < -0.39 is 0 Å². The quantitative estimate of drug-likeness (QED) is 0.653. The molecule has 2 unspecified atom stereocenters. The summed E-state index contributed by atoms with van der Waals surface area (Å²) in [5.74, 6) is 1.35. The zero-order chi connectivity index (χ0) is 9.71. The number of halogens is 2. The maximum absolute atomic E-state index is 3.71. The number of hydrogen-bond acceptors (Lipinski definition) is 0. The molecule has 2 aliphatic rings. The summed E-state index contributed by atoms with van der Waals surface area (Å²) in [6, 6.07) is 8.85. The molecule has 0 saturated carbocycles. The lowest BCUT2D eigenvalue weighted by Gasteiger charge is -2.19. The van der Waals surface area contributed by atoms with Crippen molar-refractivity contribution in [1.29, 1.82) is 0 Å². The maximum Gasteiger partial charge on any atom is 0.0172 e. The van der Waals surface area contributed by atoms with Crippen LogP contribution >= 0.6 is 31.9 Å². The Balaban J connectivity index is 2.19. The Morgan fingerprint density at radius 1 is 1.07 bits per heavy atom. The summed E-state index contributed by atoms with van der Waals surface area (Å²) in [6.07, 6.45) is 2.45. The van der Waals surface area contributed by atoms with Crippen LogP contribution in [0.3, 0.4) is 0 Å². The van der Waals surface area contributed by atoms with Gasteiger partial charge in [-0.2, -0.15) is 0 Å². The summed E-state index contributed by atoms with van der Waals surface area (Å²) in [7, 11) is 0. The molecule has 0 amide bonds. The molecule has 3 rings (SSSR count). The Morgan fingerprint density at radius 2 is 1.79 bits per heavy atom. The van der Waals surface area contributed by atoms with Crippen molar-refractivity contribution >= 4 is 31.9 Å². The van der Waals surface area contributed by atoms with Gasteiger partial charge in [0.2, 0.25) is 0 Å². The number of benzene rings is 1. The highest BCUT2D eigenvalue weighted by Gasteiger charge is 2.37. The van der Waals surface area contributed by atoms with Crippen molar-refractivity contribution in [2.75, 3.05) is 0 Å². The predicted octanol–water partition coefficient (Wildman–Crippen LogP) is 4.66. The summed E-state index contributed by atoms with van der Waals surface area (Å²) < 4.78 is 2.72. The van der Waals surface area contributed by atoms with E-state index in [1.54, 1.807) is 5.56 Å². The van der Waals surface area contributed by atoms with Gasteiger partial charge in [0.05, 0.1) is 0 Å². The van der Waals surface area contributed by atoms with Gasteiger partial charge in [-0.05, 0) is 29.9 Å². The van der Waals surface area contributed by atoms with Gasteiger partial charge in [-0.1, -0.05) is 56.1 Å². The molecule has 1 aromatic carbocycles. The average molecular weight is 314 g/mol. The minimum absolute atomic E-state index is 0.610. The third-order valence-corrected chi connectivity index (χ3v) is 5.64. The Morgan fingerprint density at radius 3 is 2.57 bits per heavy atom. The first kappa shape index (κ1) is 9.17. The predicted molar refractivity (Wildman–Crippen MR) is 66.0 cm³/mol. The SMILES string of the molecule is BrC1=C(Br)C2CC(C1)c1ccccc12. The largest absolute Gasteiger partial charge is 0.0620 e. The number of hydrogen-bond donors (Lipinski definition) is 0. The van der Waals surface area contributed by atoms with Crippen LogP contribution in [0.15, 0.2) is 33.2 Å². The lowest BCUT2D eigenvalue weighted by Crippen LogP contribution is -2.02. The topological polar surface area (TPSA) is 0 Å². The first-order chi connectivity index (χ1) is 6.77. The van der Waals surface area contributed by atoms with Crippen LogP contribution in [-0.2, 0) is 0 Å². The third kappa shape index (κ3) is 1.17. The van der Waals surface area contributed by atoms with Gasteiger partial charge in [-0.25, -0.2) is 0 Å². The summed E-state index contributed by atoms with van der Waals surface area (Å²) in [5.41, 5.74) is 3.09.